The van der Waals surface area contributed by atoms with Crippen LogP contribution in [0.15, 0.2) is 12.1 Å². The highest BCUT2D eigenvalue weighted by molar-refractivity contribution is 6.30. The summed E-state index contributed by atoms with van der Waals surface area (Å²) < 4.78 is 31.9. The predicted octanol–water partition coefficient (Wildman–Crippen LogP) is 4.21. The van der Waals surface area contributed by atoms with Gasteiger partial charge in [0.1, 0.15) is 11.5 Å². The minimum absolute atomic E-state index is 0.0190. The normalized spacial score (nSPS) is 20.9. The standard InChI is InChI=1S/C16H17ClF2O2/c17-13-7-11-3-6-21-15(11)12(8-13)9-14(20)10-1-4-16(18,19)5-2-10/h7-8,10H,1-6,9H2. The number of Topliss-reactive ketones (excluding diaryl/α,β-unsaturated/α-hetero) is 1. The van der Waals surface area contributed by atoms with E-state index in [9.17, 15) is 13.6 Å². The fourth-order valence-electron chi connectivity index (χ4n) is 3.17. The van der Waals surface area contributed by atoms with Crippen molar-refractivity contribution in [2.45, 2.75) is 44.4 Å². The first-order chi connectivity index (χ1) is 9.94. The monoisotopic (exact) mass is 314 g/mol. The van der Waals surface area contributed by atoms with Gasteiger partial charge in [-0.05, 0) is 30.5 Å². The molecule has 1 aliphatic carbocycles. The molecule has 0 saturated heterocycles. The second kappa shape index (κ2) is 5.56. The Kier molecular flexibility index (Phi) is 3.91. The number of benzene rings is 1. The number of carbonyl (C=O) groups is 1. The highest BCUT2D eigenvalue weighted by Gasteiger charge is 2.37. The Bertz CT molecular complexity index is 562. The summed E-state index contributed by atoms with van der Waals surface area (Å²) in [6.07, 6.45) is 1.19. The van der Waals surface area contributed by atoms with Crippen molar-refractivity contribution in [3.8, 4) is 5.75 Å². The third-order valence-corrected chi connectivity index (χ3v) is 4.58. The first kappa shape index (κ1) is 14.8. The molecular weight excluding hydrogens is 298 g/mol. The molecule has 1 aromatic rings. The van der Waals surface area contributed by atoms with Gasteiger partial charge in [0.15, 0.2) is 0 Å². The third kappa shape index (κ3) is 3.20. The molecule has 0 spiro atoms. The fourth-order valence-corrected chi connectivity index (χ4v) is 3.43. The summed E-state index contributed by atoms with van der Waals surface area (Å²) in [5.74, 6) is -2.09. The molecule has 114 valence electrons. The molecule has 0 aromatic heterocycles. The Morgan fingerprint density at radius 1 is 1.33 bits per heavy atom. The summed E-state index contributed by atoms with van der Waals surface area (Å²) in [6.45, 7) is 0.604. The quantitative estimate of drug-likeness (QED) is 0.835. The van der Waals surface area contributed by atoms with Crippen molar-refractivity contribution in [3.63, 3.8) is 0 Å². The molecule has 21 heavy (non-hydrogen) atoms. The Balaban J connectivity index is 1.71. The summed E-state index contributed by atoms with van der Waals surface area (Å²) in [4.78, 5) is 12.3. The Morgan fingerprint density at radius 3 is 2.76 bits per heavy atom. The molecule has 1 saturated carbocycles. The smallest absolute Gasteiger partial charge is 0.248 e. The van der Waals surface area contributed by atoms with Gasteiger partial charge in [0, 0.05) is 42.2 Å². The van der Waals surface area contributed by atoms with Crippen molar-refractivity contribution in [3.05, 3.63) is 28.3 Å². The Hall–Kier alpha value is -1.16. The summed E-state index contributed by atoms with van der Waals surface area (Å²) >= 11 is 6.07. The zero-order valence-corrected chi connectivity index (χ0v) is 12.4. The van der Waals surface area contributed by atoms with Gasteiger partial charge in [-0.2, -0.15) is 0 Å². The van der Waals surface area contributed by atoms with Crippen LogP contribution in [0.5, 0.6) is 5.75 Å². The number of ether oxygens (including phenoxy) is 1. The van der Waals surface area contributed by atoms with Crippen LogP contribution in [0.2, 0.25) is 5.02 Å². The van der Waals surface area contributed by atoms with Crippen molar-refractivity contribution in [2.24, 2.45) is 5.92 Å². The van der Waals surface area contributed by atoms with E-state index >= 15 is 0 Å². The number of alkyl halides is 2. The van der Waals surface area contributed by atoms with Crippen molar-refractivity contribution in [1.29, 1.82) is 0 Å². The number of halogens is 3. The molecule has 3 rings (SSSR count). The highest BCUT2D eigenvalue weighted by Crippen LogP contribution is 2.38. The number of ketones is 1. The number of hydrogen-bond donors (Lipinski definition) is 0. The Morgan fingerprint density at radius 2 is 2.05 bits per heavy atom. The van der Waals surface area contributed by atoms with Gasteiger partial charge in [0.25, 0.3) is 0 Å². The SMILES string of the molecule is O=C(Cc1cc(Cl)cc2c1OCC2)C1CCC(F)(F)CC1. The van der Waals surface area contributed by atoms with Crippen LogP contribution in [0.4, 0.5) is 8.78 Å². The van der Waals surface area contributed by atoms with E-state index in [1.54, 1.807) is 6.07 Å². The topological polar surface area (TPSA) is 26.3 Å². The van der Waals surface area contributed by atoms with Crippen LogP contribution >= 0.6 is 11.6 Å². The van der Waals surface area contributed by atoms with Gasteiger partial charge < -0.3 is 4.74 Å². The molecule has 0 radical (unpaired) electrons. The second-order valence-electron chi connectivity index (χ2n) is 5.92. The van der Waals surface area contributed by atoms with Crippen LogP contribution in [0.3, 0.4) is 0 Å². The van der Waals surface area contributed by atoms with Gasteiger partial charge in [-0.1, -0.05) is 11.6 Å². The van der Waals surface area contributed by atoms with Gasteiger partial charge >= 0.3 is 0 Å². The molecule has 0 unspecified atom stereocenters. The molecule has 0 bridgehead atoms. The minimum atomic E-state index is -2.60. The molecule has 1 fully saturated rings. The van der Waals surface area contributed by atoms with E-state index in [4.69, 9.17) is 16.3 Å². The van der Waals surface area contributed by atoms with Gasteiger partial charge in [-0.15, -0.1) is 0 Å². The van der Waals surface area contributed by atoms with Crippen LogP contribution in [0.1, 0.15) is 36.8 Å². The fraction of sp³-hybridized carbons (Fsp3) is 0.562. The van der Waals surface area contributed by atoms with E-state index in [0.29, 0.717) is 11.6 Å². The van der Waals surface area contributed by atoms with E-state index in [1.807, 2.05) is 6.07 Å². The van der Waals surface area contributed by atoms with E-state index in [2.05, 4.69) is 0 Å². The van der Waals surface area contributed by atoms with E-state index in [0.717, 1.165) is 23.3 Å². The summed E-state index contributed by atoms with van der Waals surface area (Å²) in [5.41, 5.74) is 1.82. The maximum atomic E-state index is 13.2. The average Bonchev–Trinajstić information content (AvgIpc) is 2.86. The lowest BCUT2D eigenvalue weighted by Crippen LogP contribution is -2.29. The zero-order chi connectivity index (χ0) is 15.0. The second-order valence-corrected chi connectivity index (χ2v) is 6.36. The van der Waals surface area contributed by atoms with E-state index < -0.39 is 5.92 Å². The molecule has 2 nitrogen and oxygen atoms in total. The first-order valence-electron chi connectivity index (χ1n) is 7.29. The lowest BCUT2D eigenvalue weighted by atomic mass is 9.82. The molecule has 0 atom stereocenters. The molecule has 1 aromatic carbocycles. The zero-order valence-electron chi connectivity index (χ0n) is 11.6. The number of fused-ring (bicyclic) bond motifs is 1. The predicted molar refractivity (Wildman–Crippen MR) is 76.3 cm³/mol. The molecule has 0 N–H and O–H groups in total. The molecule has 5 heteroatoms. The average molecular weight is 315 g/mol. The summed E-state index contributed by atoms with van der Waals surface area (Å²) in [6, 6.07) is 3.61. The van der Waals surface area contributed by atoms with Gasteiger partial charge in [-0.3, -0.25) is 4.79 Å². The molecule has 1 heterocycles. The molecular formula is C16H17ClF2O2. The van der Waals surface area contributed by atoms with Crippen molar-refractivity contribution in [2.75, 3.05) is 6.61 Å². The van der Waals surface area contributed by atoms with Crippen molar-refractivity contribution < 1.29 is 18.3 Å². The van der Waals surface area contributed by atoms with Crippen LogP contribution in [-0.4, -0.2) is 18.3 Å². The van der Waals surface area contributed by atoms with E-state index in [1.165, 1.54) is 0 Å². The van der Waals surface area contributed by atoms with Crippen LogP contribution in [0.25, 0.3) is 0 Å². The maximum absolute atomic E-state index is 13.2. The third-order valence-electron chi connectivity index (χ3n) is 4.36. The highest BCUT2D eigenvalue weighted by atomic mass is 35.5. The van der Waals surface area contributed by atoms with Gasteiger partial charge in [0.2, 0.25) is 5.92 Å². The summed E-state index contributed by atoms with van der Waals surface area (Å²) in [5, 5.41) is 0.595. The molecule has 0 amide bonds. The number of rotatable bonds is 3. The van der Waals surface area contributed by atoms with Crippen LogP contribution in [0, 0.1) is 5.92 Å². The lowest BCUT2D eigenvalue weighted by molar-refractivity contribution is -0.126. The van der Waals surface area contributed by atoms with Crippen LogP contribution in [-0.2, 0) is 17.6 Å². The lowest BCUT2D eigenvalue weighted by Gasteiger charge is -2.27. The molecule has 1 aliphatic heterocycles. The maximum Gasteiger partial charge on any atom is 0.248 e. The summed E-state index contributed by atoms with van der Waals surface area (Å²) in [7, 11) is 0. The van der Waals surface area contributed by atoms with Crippen molar-refractivity contribution in [1.82, 2.24) is 0 Å². The van der Waals surface area contributed by atoms with Crippen molar-refractivity contribution >= 4 is 17.4 Å². The number of carbonyl (C=O) groups excluding carboxylic acids is 1. The largest absolute Gasteiger partial charge is 0.493 e. The first-order valence-corrected chi connectivity index (χ1v) is 7.67. The van der Waals surface area contributed by atoms with Crippen LogP contribution < -0.4 is 4.74 Å². The van der Waals surface area contributed by atoms with Gasteiger partial charge in [-0.25, -0.2) is 8.78 Å². The molecule has 2 aliphatic rings. The minimum Gasteiger partial charge on any atom is -0.493 e. The Labute approximate surface area is 127 Å². The number of hydrogen-bond acceptors (Lipinski definition) is 2. The van der Waals surface area contributed by atoms with E-state index in [-0.39, 0.29) is 43.8 Å². The van der Waals surface area contributed by atoms with Gasteiger partial charge in [0.05, 0.1) is 6.61 Å².